The zero-order chi connectivity index (χ0) is 12.0. The van der Waals surface area contributed by atoms with Crippen molar-refractivity contribution in [1.82, 2.24) is 0 Å². The van der Waals surface area contributed by atoms with Gasteiger partial charge in [-0.1, -0.05) is 23.9 Å². The number of carbonyl (C=O) groups is 2. The summed E-state index contributed by atoms with van der Waals surface area (Å²) in [6, 6.07) is 7.35. The molecule has 1 aromatic carbocycles. The van der Waals surface area contributed by atoms with Gasteiger partial charge in [0.05, 0.1) is 12.9 Å². The molecule has 0 heterocycles. The molecular weight excluding hydrogens is 224 g/mol. The quantitative estimate of drug-likeness (QED) is 0.787. The van der Waals surface area contributed by atoms with Crippen molar-refractivity contribution in [2.24, 2.45) is 0 Å². The third-order valence-corrected chi connectivity index (χ3v) is 2.87. The molecule has 0 aliphatic heterocycles. The van der Waals surface area contributed by atoms with Crippen molar-refractivity contribution in [2.75, 3.05) is 12.9 Å². The third-order valence-electron chi connectivity index (χ3n) is 2.00. The summed E-state index contributed by atoms with van der Waals surface area (Å²) in [6.07, 6.45) is 0.365. The highest BCUT2D eigenvalue weighted by molar-refractivity contribution is 8.14. The Labute approximate surface area is 99.2 Å². The number of thioether (sulfide) groups is 1. The molecule has 0 atom stereocenters. The van der Waals surface area contributed by atoms with Crippen molar-refractivity contribution in [3.63, 3.8) is 0 Å². The van der Waals surface area contributed by atoms with Gasteiger partial charge in [0.1, 0.15) is 11.5 Å². The van der Waals surface area contributed by atoms with Crippen molar-refractivity contribution >= 4 is 22.7 Å². The molecule has 0 amide bonds. The molecule has 0 aromatic heterocycles. The number of rotatable bonds is 5. The first-order valence-electron chi connectivity index (χ1n) is 4.90. The molecule has 4 heteroatoms. The first-order chi connectivity index (χ1) is 7.61. The molecule has 0 spiro atoms. The van der Waals surface area contributed by atoms with E-state index in [4.69, 9.17) is 4.74 Å². The van der Waals surface area contributed by atoms with Gasteiger partial charge in [-0.2, -0.15) is 0 Å². The Bertz CT molecular complexity index is 370. The van der Waals surface area contributed by atoms with Crippen LogP contribution >= 0.6 is 11.8 Å². The predicted molar refractivity (Wildman–Crippen MR) is 64.8 cm³/mol. The first-order valence-corrected chi connectivity index (χ1v) is 5.88. The van der Waals surface area contributed by atoms with E-state index >= 15 is 0 Å². The van der Waals surface area contributed by atoms with E-state index in [0.29, 0.717) is 6.42 Å². The molecule has 0 bridgehead atoms. The van der Waals surface area contributed by atoms with Gasteiger partial charge in [0.15, 0.2) is 5.12 Å². The predicted octanol–water partition coefficient (Wildman–Crippen LogP) is 2.09. The lowest BCUT2D eigenvalue weighted by molar-refractivity contribution is -0.116. The van der Waals surface area contributed by atoms with E-state index in [2.05, 4.69) is 0 Å². The summed E-state index contributed by atoms with van der Waals surface area (Å²) in [6.45, 7) is 1.46. The largest absolute Gasteiger partial charge is 0.497 e. The van der Waals surface area contributed by atoms with Crippen LogP contribution < -0.4 is 4.74 Å². The average molecular weight is 238 g/mol. The van der Waals surface area contributed by atoms with E-state index in [1.165, 1.54) is 6.92 Å². The number of methoxy groups -OCH3 is 1. The number of ether oxygens (including phenoxy) is 1. The lowest BCUT2D eigenvalue weighted by Gasteiger charge is -2.02. The summed E-state index contributed by atoms with van der Waals surface area (Å²) in [5.41, 5.74) is 0.940. The normalized spacial score (nSPS) is 9.88. The number of benzene rings is 1. The maximum absolute atomic E-state index is 11.5. The Morgan fingerprint density at radius 3 is 2.38 bits per heavy atom. The molecule has 0 saturated heterocycles. The van der Waals surface area contributed by atoms with Crippen molar-refractivity contribution in [3.8, 4) is 5.75 Å². The molecule has 1 aromatic rings. The minimum absolute atomic E-state index is 0.0249. The fourth-order valence-electron chi connectivity index (χ4n) is 1.20. The zero-order valence-corrected chi connectivity index (χ0v) is 10.2. The monoisotopic (exact) mass is 238 g/mol. The highest BCUT2D eigenvalue weighted by atomic mass is 32.2. The van der Waals surface area contributed by atoms with Crippen LogP contribution in [0.25, 0.3) is 0 Å². The number of carbonyl (C=O) groups excluding carboxylic acids is 2. The lowest BCUT2D eigenvalue weighted by Crippen LogP contribution is -2.06. The van der Waals surface area contributed by atoms with Crippen LogP contribution in [0.2, 0.25) is 0 Å². The molecule has 0 aliphatic carbocycles. The number of ketones is 1. The molecular formula is C12H14O3S. The molecule has 86 valence electrons. The fourth-order valence-corrected chi connectivity index (χ4v) is 1.67. The molecule has 1 rings (SSSR count). The Kier molecular flexibility index (Phi) is 5.05. The summed E-state index contributed by atoms with van der Waals surface area (Å²) in [5.74, 6) is 1.08. The second-order valence-electron chi connectivity index (χ2n) is 3.34. The van der Waals surface area contributed by atoms with E-state index in [-0.39, 0.29) is 16.7 Å². The maximum atomic E-state index is 11.5. The third kappa shape index (κ3) is 4.49. The molecule has 16 heavy (non-hydrogen) atoms. The van der Waals surface area contributed by atoms with Gasteiger partial charge in [0.25, 0.3) is 0 Å². The fraction of sp³-hybridized carbons (Fsp3) is 0.333. The second-order valence-corrected chi connectivity index (χ2v) is 4.50. The van der Waals surface area contributed by atoms with Gasteiger partial charge < -0.3 is 4.74 Å². The van der Waals surface area contributed by atoms with E-state index in [9.17, 15) is 9.59 Å². The number of hydrogen-bond acceptors (Lipinski definition) is 4. The lowest BCUT2D eigenvalue weighted by atomic mass is 10.1. The number of Topliss-reactive ketones (excluding diaryl/α,β-unsaturated/α-hetero) is 1. The van der Waals surface area contributed by atoms with Crippen LogP contribution in [0.5, 0.6) is 5.75 Å². The van der Waals surface area contributed by atoms with Gasteiger partial charge in [-0.15, -0.1) is 0 Å². The van der Waals surface area contributed by atoms with Crippen LogP contribution in [0, 0.1) is 0 Å². The van der Waals surface area contributed by atoms with E-state index in [1.807, 2.05) is 24.3 Å². The molecule has 0 unspecified atom stereocenters. The van der Waals surface area contributed by atoms with Crippen LogP contribution in [0.15, 0.2) is 24.3 Å². The molecule has 0 saturated carbocycles. The Morgan fingerprint density at radius 1 is 1.25 bits per heavy atom. The van der Waals surface area contributed by atoms with Crippen LogP contribution in [-0.2, 0) is 16.0 Å². The summed E-state index contributed by atoms with van der Waals surface area (Å²) >= 11 is 1.05. The zero-order valence-electron chi connectivity index (χ0n) is 9.36. The molecule has 0 fully saturated rings. The van der Waals surface area contributed by atoms with E-state index in [0.717, 1.165) is 23.1 Å². The van der Waals surface area contributed by atoms with E-state index in [1.54, 1.807) is 7.11 Å². The van der Waals surface area contributed by atoms with Crippen molar-refractivity contribution in [1.29, 1.82) is 0 Å². The average Bonchev–Trinajstić information content (AvgIpc) is 2.27. The van der Waals surface area contributed by atoms with Gasteiger partial charge in [0, 0.05) is 13.3 Å². The maximum Gasteiger partial charge on any atom is 0.186 e. The van der Waals surface area contributed by atoms with Gasteiger partial charge in [0.2, 0.25) is 0 Å². The van der Waals surface area contributed by atoms with Crippen LogP contribution in [0.4, 0.5) is 0 Å². The molecule has 0 radical (unpaired) electrons. The first kappa shape index (κ1) is 12.8. The Balaban J connectivity index is 2.46. The summed E-state index contributed by atoms with van der Waals surface area (Å²) < 4.78 is 5.02. The summed E-state index contributed by atoms with van der Waals surface area (Å²) in [5, 5.41) is -0.0249. The highest BCUT2D eigenvalue weighted by Gasteiger charge is 2.05. The highest BCUT2D eigenvalue weighted by Crippen LogP contribution is 2.12. The summed E-state index contributed by atoms with van der Waals surface area (Å²) in [4.78, 5) is 22.1. The minimum Gasteiger partial charge on any atom is -0.497 e. The van der Waals surface area contributed by atoms with E-state index < -0.39 is 0 Å². The Hall–Kier alpha value is -1.29. The second kappa shape index (κ2) is 6.33. The van der Waals surface area contributed by atoms with Crippen molar-refractivity contribution in [3.05, 3.63) is 29.8 Å². The van der Waals surface area contributed by atoms with Crippen LogP contribution in [-0.4, -0.2) is 23.8 Å². The smallest absolute Gasteiger partial charge is 0.186 e. The van der Waals surface area contributed by atoms with Gasteiger partial charge in [-0.05, 0) is 17.7 Å². The van der Waals surface area contributed by atoms with Gasteiger partial charge >= 0.3 is 0 Å². The summed E-state index contributed by atoms with van der Waals surface area (Å²) in [7, 11) is 1.60. The standard InChI is InChI=1S/C12H14O3S/c1-9(13)16-8-11(14)7-10-3-5-12(15-2)6-4-10/h3-6H,7-8H2,1-2H3. The topological polar surface area (TPSA) is 43.4 Å². The van der Waals surface area contributed by atoms with Crippen LogP contribution in [0.3, 0.4) is 0 Å². The van der Waals surface area contributed by atoms with Gasteiger partial charge in [-0.3, -0.25) is 9.59 Å². The van der Waals surface area contributed by atoms with Crippen molar-refractivity contribution in [2.45, 2.75) is 13.3 Å². The Morgan fingerprint density at radius 2 is 1.88 bits per heavy atom. The minimum atomic E-state index is -0.0249. The van der Waals surface area contributed by atoms with Crippen molar-refractivity contribution < 1.29 is 14.3 Å². The van der Waals surface area contributed by atoms with Crippen LogP contribution in [0.1, 0.15) is 12.5 Å². The molecule has 0 aliphatic rings. The SMILES string of the molecule is COc1ccc(CC(=O)CSC(C)=O)cc1. The van der Waals surface area contributed by atoms with Gasteiger partial charge in [-0.25, -0.2) is 0 Å². The number of hydrogen-bond donors (Lipinski definition) is 0. The molecule has 0 N–H and O–H groups in total. The molecule has 3 nitrogen and oxygen atoms in total.